The standard InChI is InChI=1S/C14H29N/c1-4-12(3)11-14(5-2)15-10-9-13-7-6-8-13/h12-15H,4-11H2,1-3H3. The molecular formula is C14H29N. The highest BCUT2D eigenvalue weighted by Gasteiger charge is 2.17. The second-order valence-electron chi connectivity index (χ2n) is 5.39. The van der Waals surface area contributed by atoms with Gasteiger partial charge in [0.25, 0.3) is 0 Å². The second kappa shape index (κ2) is 7.27. The minimum atomic E-state index is 0.764. The van der Waals surface area contributed by atoms with E-state index in [1.54, 1.807) is 0 Å². The molecule has 0 spiro atoms. The SMILES string of the molecule is CCC(C)CC(CC)NCCC1CCC1. The van der Waals surface area contributed by atoms with Gasteiger partial charge in [-0.1, -0.05) is 46.5 Å². The van der Waals surface area contributed by atoms with Gasteiger partial charge in [0.2, 0.25) is 0 Å². The van der Waals surface area contributed by atoms with Crippen LogP contribution in [0, 0.1) is 11.8 Å². The van der Waals surface area contributed by atoms with Crippen molar-refractivity contribution in [2.75, 3.05) is 6.54 Å². The Kier molecular flexibility index (Phi) is 6.31. The molecular weight excluding hydrogens is 182 g/mol. The Labute approximate surface area is 96.0 Å². The summed E-state index contributed by atoms with van der Waals surface area (Å²) in [5.74, 6) is 1.93. The molecule has 1 N–H and O–H groups in total. The van der Waals surface area contributed by atoms with Gasteiger partial charge < -0.3 is 5.32 Å². The molecule has 90 valence electrons. The van der Waals surface area contributed by atoms with E-state index in [0.717, 1.165) is 17.9 Å². The van der Waals surface area contributed by atoms with Crippen LogP contribution in [0.5, 0.6) is 0 Å². The summed E-state index contributed by atoms with van der Waals surface area (Å²) < 4.78 is 0. The summed E-state index contributed by atoms with van der Waals surface area (Å²) in [6, 6.07) is 0.764. The van der Waals surface area contributed by atoms with Crippen LogP contribution in [0.15, 0.2) is 0 Å². The minimum Gasteiger partial charge on any atom is -0.314 e. The lowest BCUT2D eigenvalue weighted by atomic mass is 9.83. The fourth-order valence-electron chi connectivity index (χ4n) is 2.32. The van der Waals surface area contributed by atoms with Crippen LogP contribution in [-0.2, 0) is 0 Å². The van der Waals surface area contributed by atoms with Gasteiger partial charge in [-0.3, -0.25) is 0 Å². The first-order valence-electron chi connectivity index (χ1n) is 6.99. The number of hydrogen-bond acceptors (Lipinski definition) is 1. The van der Waals surface area contributed by atoms with Gasteiger partial charge in [-0.25, -0.2) is 0 Å². The largest absolute Gasteiger partial charge is 0.314 e. The van der Waals surface area contributed by atoms with E-state index in [1.165, 1.54) is 51.5 Å². The van der Waals surface area contributed by atoms with E-state index in [-0.39, 0.29) is 0 Å². The average molecular weight is 211 g/mol. The highest BCUT2D eigenvalue weighted by atomic mass is 14.9. The summed E-state index contributed by atoms with van der Waals surface area (Å²) in [7, 11) is 0. The van der Waals surface area contributed by atoms with Crippen molar-refractivity contribution in [3.8, 4) is 0 Å². The van der Waals surface area contributed by atoms with E-state index in [0.29, 0.717) is 0 Å². The smallest absolute Gasteiger partial charge is 0.00669 e. The molecule has 1 saturated carbocycles. The maximum Gasteiger partial charge on any atom is 0.00669 e. The predicted molar refractivity (Wildman–Crippen MR) is 68.1 cm³/mol. The normalized spacial score (nSPS) is 21.0. The van der Waals surface area contributed by atoms with Crippen LogP contribution in [-0.4, -0.2) is 12.6 Å². The van der Waals surface area contributed by atoms with Crippen molar-refractivity contribution in [3.05, 3.63) is 0 Å². The van der Waals surface area contributed by atoms with Crippen molar-refractivity contribution in [3.63, 3.8) is 0 Å². The van der Waals surface area contributed by atoms with Crippen molar-refractivity contribution in [1.82, 2.24) is 5.32 Å². The van der Waals surface area contributed by atoms with E-state index >= 15 is 0 Å². The van der Waals surface area contributed by atoms with Gasteiger partial charge in [-0.2, -0.15) is 0 Å². The zero-order valence-corrected chi connectivity index (χ0v) is 10.9. The molecule has 0 aliphatic heterocycles. The predicted octanol–water partition coefficient (Wildman–Crippen LogP) is 3.98. The Balaban J connectivity index is 2.04. The highest BCUT2D eigenvalue weighted by Crippen LogP contribution is 2.28. The quantitative estimate of drug-likeness (QED) is 0.640. The maximum atomic E-state index is 3.73. The lowest BCUT2D eigenvalue weighted by Gasteiger charge is -2.27. The molecule has 1 aliphatic rings. The fourth-order valence-corrected chi connectivity index (χ4v) is 2.32. The molecule has 0 aromatic heterocycles. The summed E-state index contributed by atoms with van der Waals surface area (Å²) in [5, 5.41) is 3.73. The first-order valence-corrected chi connectivity index (χ1v) is 6.99. The van der Waals surface area contributed by atoms with Gasteiger partial charge in [0.05, 0.1) is 0 Å². The summed E-state index contributed by atoms with van der Waals surface area (Å²) in [6.07, 6.45) is 9.84. The molecule has 1 rings (SSSR count). The molecule has 1 fully saturated rings. The van der Waals surface area contributed by atoms with E-state index in [1.807, 2.05) is 0 Å². The van der Waals surface area contributed by atoms with E-state index in [4.69, 9.17) is 0 Å². The monoisotopic (exact) mass is 211 g/mol. The maximum absolute atomic E-state index is 3.73. The second-order valence-corrected chi connectivity index (χ2v) is 5.39. The Morgan fingerprint density at radius 3 is 2.40 bits per heavy atom. The Hall–Kier alpha value is -0.0400. The van der Waals surface area contributed by atoms with Crippen molar-refractivity contribution in [1.29, 1.82) is 0 Å². The molecule has 0 aromatic rings. The molecule has 1 aliphatic carbocycles. The molecule has 2 atom stereocenters. The van der Waals surface area contributed by atoms with Crippen LogP contribution in [0.25, 0.3) is 0 Å². The van der Waals surface area contributed by atoms with Crippen LogP contribution in [0.1, 0.15) is 65.7 Å². The van der Waals surface area contributed by atoms with Crippen LogP contribution < -0.4 is 5.32 Å². The molecule has 0 radical (unpaired) electrons. The van der Waals surface area contributed by atoms with Gasteiger partial charge in [0, 0.05) is 6.04 Å². The molecule has 2 unspecified atom stereocenters. The zero-order valence-electron chi connectivity index (χ0n) is 10.9. The molecule has 15 heavy (non-hydrogen) atoms. The molecule has 0 bridgehead atoms. The third-order valence-electron chi connectivity index (χ3n) is 4.09. The van der Waals surface area contributed by atoms with Crippen LogP contribution in [0.2, 0.25) is 0 Å². The molecule has 0 saturated heterocycles. The van der Waals surface area contributed by atoms with E-state index in [2.05, 4.69) is 26.1 Å². The zero-order chi connectivity index (χ0) is 11.1. The molecule has 0 aromatic carbocycles. The van der Waals surface area contributed by atoms with E-state index < -0.39 is 0 Å². The third kappa shape index (κ3) is 5.01. The van der Waals surface area contributed by atoms with Crippen molar-refractivity contribution in [2.24, 2.45) is 11.8 Å². The molecule has 0 amide bonds. The topological polar surface area (TPSA) is 12.0 Å². The number of rotatable bonds is 8. The lowest BCUT2D eigenvalue weighted by molar-refractivity contribution is 0.281. The average Bonchev–Trinajstić information content (AvgIpc) is 2.19. The van der Waals surface area contributed by atoms with Gasteiger partial charge >= 0.3 is 0 Å². The van der Waals surface area contributed by atoms with Crippen molar-refractivity contribution < 1.29 is 0 Å². The minimum absolute atomic E-state index is 0.764. The van der Waals surface area contributed by atoms with Gasteiger partial charge in [0.15, 0.2) is 0 Å². The summed E-state index contributed by atoms with van der Waals surface area (Å²) in [6.45, 7) is 8.23. The molecule has 1 heteroatoms. The third-order valence-corrected chi connectivity index (χ3v) is 4.09. The Morgan fingerprint density at radius 1 is 1.20 bits per heavy atom. The van der Waals surface area contributed by atoms with Crippen molar-refractivity contribution >= 4 is 0 Å². The summed E-state index contributed by atoms with van der Waals surface area (Å²) >= 11 is 0. The summed E-state index contributed by atoms with van der Waals surface area (Å²) in [4.78, 5) is 0. The molecule has 0 heterocycles. The van der Waals surface area contributed by atoms with Crippen LogP contribution >= 0.6 is 0 Å². The number of nitrogens with one attached hydrogen (secondary N) is 1. The van der Waals surface area contributed by atoms with E-state index in [9.17, 15) is 0 Å². The van der Waals surface area contributed by atoms with Gasteiger partial charge in [0.1, 0.15) is 0 Å². The van der Waals surface area contributed by atoms with Crippen LogP contribution in [0.3, 0.4) is 0 Å². The molecule has 1 nitrogen and oxygen atoms in total. The van der Waals surface area contributed by atoms with Gasteiger partial charge in [-0.15, -0.1) is 0 Å². The lowest BCUT2D eigenvalue weighted by Crippen LogP contribution is -2.32. The fraction of sp³-hybridized carbons (Fsp3) is 1.00. The summed E-state index contributed by atoms with van der Waals surface area (Å²) in [5.41, 5.74) is 0. The highest BCUT2D eigenvalue weighted by molar-refractivity contribution is 4.73. The van der Waals surface area contributed by atoms with Gasteiger partial charge in [-0.05, 0) is 37.6 Å². The Morgan fingerprint density at radius 2 is 1.93 bits per heavy atom. The van der Waals surface area contributed by atoms with Crippen LogP contribution in [0.4, 0.5) is 0 Å². The number of hydrogen-bond donors (Lipinski definition) is 1. The van der Waals surface area contributed by atoms with Crippen molar-refractivity contribution in [2.45, 2.75) is 71.8 Å². The first-order chi connectivity index (χ1) is 7.26. The first kappa shape index (κ1) is 13.0. The Bertz CT molecular complexity index is 151.